The van der Waals surface area contributed by atoms with Gasteiger partial charge in [-0.15, -0.1) is 11.3 Å². The third kappa shape index (κ3) is 2.97. The maximum Gasteiger partial charge on any atom is 0.269 e. The summed E-state index contributed by atoms with van der Waals surface area (Å²) >= 11 is 1.50. The van der Waals surface area contributed by atoms with Crippen LogP contribution < -0.4 is 10.9 Å². The van der Waals surface area contributed by atoms with Crippen LogP contribution in [-0.4, -0.2) is 20.9 Å². The number of carbonyl (C=O) groups excluding carboxylic acids is 1. The molecule has 0 unspecified atom stereocenters. The van der Waals surface area contributed by atoms with Crippen molar-refractivity contribution in [1.82, 2.24) is 20.4 Å². The van der Waals surface area contributed by atoms with Crippen LogP contribution in [-0.2, 0) is 0 Å². The van der Waals surface area contributed by atoms with E-state index in [2.05, 4.69) is 25.8 Å². The molecule has 0 radical (unpaired) electrons. The predicted molar refractivity (Wildman–Crippen MR) is 82.2 cm³/mol. The Bertz CT molecular complexity index is 794. The lowest BCUT2D eigenvalue weighted by molar-refractivity contribution is 0.0962. The van der Waals surface area contributed by atoms with E-state index in [1.54, 1.807) is 11.6 Å². The van der Waals surface area contributed by atoms with Crippen LogP contribution in [0.3, 0.4) is 0 Å². The second-order valence-corrected chi connectivity index (χ2v) is 5.47. The monoisotopic (exact) mass is 299 g/mol. The van der Waals surface area contributed by atoms with E-state index in [0.717, 1.165) is 21.6 Å². The van der Waals surface area contributed by atoms with Gasteiger partial charge in [0.2, 0.25) is 5.95 Å². The smallest absolute Gasteiger partial charge is 0.267 e. The lowest BCUT2D eigenvalue weighted by atomic mass is 10.2. The van der Waals surface area contributed by atoms with Crippen molar-refractivity contribution in [2.75, 3.05) is 5.43 Å². The zero-order valence-electron chi connectivity index (χ0n) is 11.5. The summed E-state index contributed by atoms with van der Waals surface area (Å²) in [4.78, 5) is 24.7. The van der Waals surface area contributed by atoms with E-state index in [4.69, 9.17) is 0 Å². The standard InChI is InChI=1S/C14H13N5OS/c1-8-5-9(2)17-14(16-8)19-18-13(20)10-3-4-11-12(6-10)21-7-15-11/h3-7H,1-2H3,(H,18,20)(H,16,17,19). The van der Waals surface area contributed by atoms with Gasteiger partial charge in [-0.3, -0.25) is 15.6 Å². The fourth-order valence-corrected chi connectivity index (χ4v) is 2.68. The van der Waals surface area contributed by atoms with Crippen molar-refractivity contribution in [3.05, 3.63) is 46.7 Å². The number of amides is 1. The van der Waals surface area contributed by atoms with Crippen LogP contribution in [0.5, 0.6) is 0 Å². The van der Waals surface area contributed by atoms with Crippen LogP contribution in [0.1, 0.15) is 21.7 Å². The van der Waals surface area contributed by atoms with Gasteiger partial charge in [0, 0.05) is 17.0 Å². The average Bonchev–Trinajstić information content (AvgIpc) is 2.91. The highest BCUT2D eigenvalue weighted by Gasteiger charge is 2.08. The minimum absolute atomic E-state index is 0.243. The second-order valence-electron chi connectivity index (χ2n) is 4.59. The molecule has 0 bridgehead atoms. The molecule has 0 atom stereocenters. The molecule has 6 nitrogen and oxygen atoms in total. The Kier molecular flexibility index (Phi) is 3.49. The summed E-state index contributed by atoms with van der Waals surface area (Å²) in [5, 5.41) is 0. The number of hydrogen-bond acceptors (Lipinski definition) is 6. The molecule has 2 N–H and O–H groups in total. The molecule has 0 aliphatic rings. The number of nitrogens with zero attached hydrogens (tertiary/aromatic N) is 3. The maximum absolute atomic E-state index is 12.1. The Morgan fingerprint density at radius 1 is 1.14 bits per heavy atom. The molecule has 0 saturated carbocycles. The van der Waals surface area contributed by atoms with Gasteiger partial charge in [-0.2, -0.15) is 0 Å². The van der Waals surface area contributed by atoms with Crippen molar-refractivity contribution in [3.63, 3.8) is 0 Å². The molecule has 0 aliphatic carbocycles. The lowest BCUT2D eigenvalue weighted by Crippen LogP contribution is -2.30. The molecule has 2 heterocycles. The topological polar surface area (TPSA) is 79.8 Å². The SMILES string of the molecule is Cc1cc(C)nc(NNC(=O)c2ccc3ncsc3c2)n1. The Balaban J connectivity index is 1.73. The van der Waals surface area contributed by atoms with E-state index in [0.29, 0.717) is 11.5 Å². The van der Waals surface area contributed by atoms with Crippen molar-refractivity contribution in [3.8, 4) is 0 Å². The molecule has 2 aromatic heterocycles. The number of rotatable bonds is 3. The molecule has 1 amide bonds. The van der Waals surface area contributed by atoms with Crippen molar-refractivity contribution in [1.29, 1.82) is 0 Å². The molecule has 21 heavy (non-hydrogen) atoms. The molecular formula is C14H13N5OS. The zero-order chi connectivity index (χ0) is 14.8. The van der Waals surface area contributed by atoms with Gasteiger partial charge in [0.1, 0.15) is 0 Å². The third-order valence-electron chi connectivity index (χ3n) is 2.86. The number of hydrazine groups is 1. The summed E-state index contributed by atoms with van der Waals surface area (Å²) < 4.78 is 0.977. The van der Waals surface area contributed by atoms with E-state index in [1.165, 1.54) is 11.3 Å². The molecule has 0 aliphatic heterocycles. The minimum atomic E-state index is -0.243. The summed E-state index contributed by atoms with van der Waals surface area (Å²) in [6, 6.07) is 7.24. The number of benzene rings is 1. The van der Waals surface area contributed by atoms with Crippen LogP contribution in [0, 0.1) is 13.8 Å². The number of hydrogen-bond donors (Lipinski definition) is 2. The van der Waals surface area contributed by atoms with Gasteiger partial charge in [0.15, 0.2) is 0 Å². The van der Waals surface area contributed by atoms with E-state index in [1.807, 2.05) is 32.0 Å². The number of anilines is 1. The zero-order valence-corrected chi connectivity index (χ0v) is 12.4. The van der Waals surface area contributed by atoms with E-state index < -0.39 is 0 Å². The lowest BCUT2D eigenvalue weighted by Gasteiger charge is -2.08. The Labute approximate surface area is 125 Å². The second kappa shape index (κ2) is 5.45. The van der Waals surface area contributed by atoms with Crippen LogP contribution >= 0.6 is 11.3 Å². The summed E-state index contributed by atoms with van der Waals surface area (Å²) in [5.41, 5.74) is 10.2. The van der Waals surface area contributed by atoms with Gasteiger partial charge in [0.05, 0.1) is 15.7 Å². The van der Waals surface area contributed by atoms with Crippen molar-refractivity contribution in [2.24, 2.45) is 0 Å². The quantitative estimate of drug-likeness (QED) is 0.726. The number of nitrogens with one attached hydrogen (secondary N) is 2. The first-order valence-electron chi connectivity index (χ1n) is 6.34. The van der Waals surface area contributed by atoms with Crippen molar-refractivity contribution in [2.45, 2.75) is 13.8 Å². The summed E-state index contributed by atoms with van der Waals surface area (Å²) in [5.74, 6) is 0.132. The highest BCUT2D eigenvalue weighted by molar-refractivity contribution is 7.16. The van der Waals surface area contributed by atoms with Gasteiger partial charge < -0.3 is 0 Å². The summed E-state index contributed by atoms with van der Waals surface area (Å²) in [6.07, 6.45) is 0. The first-order chi connectivity index (χ1) is 10.1. The highest BCUT2D eigenvalue weighted by atomic mass is 32.1. The van der Waals surface area contributed by atoms with Gasteiger partial charge in [0.25, 0.3) is 5.91 Å². The Morgan fingerprint density at radius 2 is 1.90 bits per heavy atom. The molecule has 7 heteroatoms. The van der Waals surface area contributed by atoms with E-state index >= 15 is 0 Å². The van der Waals surface area contributed by atoms with Gasteiger partial charge in [-0.25, -0.2) is 15.0 Å². The fourth-order valence-electron chi connectivity index (χ4n) is 1.96. The first kappa shape index (κ1) is 13.4. The van der Waals surface area contributed by atoms with E-state index in [9.17, 15) is 4.79 Å². The largest absolute Gasteiger partial charge is 0.269 e. The average molecular weight is 299 g/mol. The number of aryl methyl sites for hydroxylation is 2. The van der Waals surface area contributed by atoms with E-state index in [-0.39, 0.29) is 5.91 Å². The highest BCUT2D eigenvalue weighted by Crippen LogP contribution is 2.18. The number of thiazole rings is 1. The molecular weight excluding hydrogens is 286 g/mol. The summed E-state index contributed by atoms with van der Waals surface area (Å²) in [6.45, 7) is 3.75. The molecule has 0 fully saturated rings. The molecule has 1 aromatic carbocycles. The minimum Gasteiger partial charge on any atom is -0.267 e. The fraction of sp³-hybridized carbons (Fsp3) is 0.143. The third-order valence-corrected chi connectivity index (χ3v) is 3.66. The first-order valence-corrected chi connectivity index (χ1v) is 7.22. The normalized spacial score (nSPS) is 10.6. The Morgan fingerprint density at radius 3 is 2.67 bits per heavy atom. The Hall–Kier alpha value is -2.54. The number of carbonyl (C=O) groups is 1. The van der Waals surface area contributed by atoms with Crippen LogP contribution in [0.4, 0.5) is 5.95 Å². The van der Waals surface area contributed by atoms with Crippen LogP contribution in [0.25, 0.3) is 10.2 Å². The number of fused-ring (bicyclic) bond motifs is 1. The summed E-state index contributed by atoms with van der Waals surface area (Å²) in [7, 11) is 0. The van der Waals surface area contributed by atoms with Crippen molar-refractivity contribution < 1.29 is 4.79 Å². The van der Waals surface area contributed by atoms with Gasteiger partial charge in [-0.05, 0) is 38.1 Å². The molecule has 3 rings (SSSR count). The predicted octanol–water partition coefficient (Wildman–Crippen LogP) is 2.46. The van der Waals surface area contributed by atoms with Crippen LogP contribution in [0.2, 0.25) is 0 Å². The number of aromatic nitrogens is 3. The molecule has 3 aromatic rings. The van der Waals surface area contributed by atoms with Gasteiger partial charge >= 0.3 is 0 Å². The molecule has 0 saturated heterocycles. The van der Waals surface area contributed by atoms with Gasteiger partial charge in [-0.1, -0.05) is 0 Å². The van der Waals surface area contributed by atoms with Crippen LogP contribution in [0.15, 0.2) is 29.8 Å². The maximum atomic E-state index is 12.1. The van der Waals surface area contributed by atoms with Crippen molar-refractivity contribution >= 4 is 33.4 Å². The molecule has 0 spiro atoms. The molecule has 106 valence electrons.